The smallest absolute Gasteiger partial charge is 0.193 e. The first-order chi connectivity index (χ1) is 12.2. The third-order valence-electron chi connectivity index (χ3n) is 3.97. The molecule has 1 unspecified atom stereocenters. The number of nitrogens with two attached hydrogens (primary N) is 1. The molecule has 0 aliphatic carbocycles. The normalized spacial score (nSPS) is 12.5. The summed E-state index contributed by atoms with van der Waals surface area (Å²) < 4.78 is 5.75. The average Bonchev–Trinajstić information content (AvgIpc) is 2.61. The van der Waals surface area contributed by atoms with Crippen LogP contribution in [0.5, 0.6) is 5.75 Å². The van der Waals surface area contributed by atoms with Crippen LogP contribution in [0.15, 0.2) is 48.5 Å². The summed E-state index contributed by atoms with van der Waals surface area (Å²) in [4.78, 5) is 24.8. The maximum absolute atomic E-state index is 12.4. The topological polar surface area (TPSA) is 89.6 Å². The first kappa shape index (κ1) is 20.1. The van der Waals surface area contributed by atoms with Crippen LogP contribution in [0.1, 0.15) is 36.2 Å². The van der Waals surface area contributed by atoms with E-state index in [-0.39, 0.29) is 24.6 Å². The highest BCUT2D eigenvalue weighted by Crippen LogP contribution is 2.22. The highest BCUT2D eigenvalue weighted by Gasteiger charge is 2.33. The van der Waals surface area contributed by atoms with Crippen LogP contribution in [0.25, 0.3) is 0 Å². The second-order valence-electron chi connectivity index (χ2n) is 6.46. The summed E-state index contributed by atoms with van der Waals surface area (Å²) in [6, 6.07) is 12.4. The van der Waals surface area contributed by atoms with Gasteiger partial charge >= 0.3 is 0 Å². The van der Waals surface area contributed by atoms with Crippen LogP contribution in [-0.4, -0.2) is 34.9 Å². The lowest BCUT2D eigenvalue weighted by Crippen LogP contribution is -2.48. The second-order valence-corrected chi connectivity index (χ2v) is 6.89. The molecule has 26 heavy (non-hydrogen) atoms. The highest BCUT2D eigenvalue weighted by molar-refractivity contribution is 6.30. The predicted octanol–water partition coefficient (Wildman–Crippen LogP) is 3.01. The van der Waals surface area contributed by atoms with Crippen LogP contribution in [-0.2, 0) is 4.79 Å². The standard InChI is InChI=1S/C20H22ClNO4/c1-20(2,19(25)17(22)11-12-23)26-16-9-5-14(6-10-16)18(24)13-3-7-15(21)8-4-13/h3-10,17,23H,11-12,22H2,1-2H3. The predicted molar refractivity (Wildman–Crippen MR) is 101 cm³/mol. The van der Waals surface area contributed by atoms with Gasteiger partial charge in [-0.3, -0.25) is 9.59 Å². The molecule has 2 rings (SSSR count). The Kier molecular flexibility index (Phi) is 6.53. The van der Waals surface area contributed by atoms with Gasteiger partial charge in [-0.15, -0.1) is 0 Å². The summed E-state index contributed by atoms with van der Waals surface area (Å²) in [5.41, 5.74) is 5.66. The van der Waals surface area contributed by atoms with Crippen molar-refractivity contribution in [1.82, 2.24) is 0 Å². The number of ether oxygens (including phenoxy) is 1. The lowest BCUT2D eigenvalue weighted by atomic mass is 9.95. The SMILES string of the molecule is CC(C)(Oc1ccc(C(=O)c2ccc(Cl)cc2)cc1)C(=O)C(N)CCO. The van der Waals surface area contributed by atoms with Gasteiger partial charge in [-0.2, -0.15) is 0 Å². The maximum atomic E-state index is 12.4. The third-order valence-corrected chi connectivity index (χ3v) is 4.22. The largest absolute Gasteiger partial charge is 0.480 e. The molecule has 0 bridgehead atoms. The number of rotatable bonds is 8. The molecule has 0 radical (unpaired) electrons. The second kappa shape index (κ2) is 8.45. The Labute approximate surface area is 157 Å². The van der Waals surface area contributed by atoms with E-state index in [0.29, 0.717) is 21.9 Å². The zero-order valence-corrected chi connectivity index (χ0v) is 15.5. The number of carbonyl (C=O) groups is 2. The van der Waals surface area contributed by atoms with Gasteiger partial charge in [-0.1, -0.05) is 11.6 Å². The Morgan fingerprint density at radius 3 is 2.08 bits per heavy atom. The van der Waals surface area contributed by atoms with Crippen molar-refractivity contribution >= 4 is 23.2 Å². The van der Waals surface area contributed by atoms with Crippen LogP contribution in [0.3, 0.4) is 0 Å². The lowest BCUT2D eigenvalue weighted by Gasteiger charge is -2.27. The van der Waals surface area contributed by atoms with E-state index in [2.05, 4.69) is 0 Å². The zero-order chi connectivity index (χ0) is 19.3. The molecular formula is C20H22ClNO4. The number of carbonyl (C=O) groups excluding carboxylic acids is 2. The summed E-state index contributed by atoms with van der Waals surface area (Å²) in [5.74, 6) is 0.0218. The summed E-state index contributed by atoms with van der Waals surface area (Å²) in [6.45, 7) is 3.09. The van der Waals surface area contributed by atoms with Crippen molar-refractivity contribution in [3.8, 4) is 5.75 Å². The minimum Gasteiger partial charge on any atom is -0.480 e. The summed E-state index contributed by atoms with van der Waals surface area (Å²) >= 11 is 5.83. The van der Waals surface area contributed by atoms with E-state index in [0.717, 1.165) is 0 Å². The molecule has 138 valence electrons. The molecule has 5 nitrogen and oxygen atoms in total. The van der Waals surface area contributed by atoms with E-state index in [1.54, 1.807) is 62.4 Å². The first-order valence-corrected chi connectivity index (χ1v) is 8.62. The molecule has 0 saturated heterocycles. The van der Waals surface area contributed by atoms with Crippen LogP contribution in [0.4, 0.5) is 0 Å². The molecule has 2 aromatic carbocycles. The summed E-state index contributed by atoms with van der Waals surface area (Å²) in [7, 11) is 0. The van der Waals surface area contributed by atoms with Crippen LogP contribution >= 0.6 is 11.6 Å². The molecule has 1 atom stereocenters. The number of Topliss-reactive ketones (excluding diaryl/α,β-unsaturated/α-hetero) is 1. The van der Waals surface area contributed by atoms with Gasteiger partial charge in [0.15, 0.2) is 17.2 Å². The Morgan fingerprint density at radius 1 is 1.08 bits per heavy atom. The minimum absolute atomic E-state index is 0.131. The molecule has 6 heteroatoms. The quantitative estimate of drug-likeness (QED) is 0.692. The number of halogens is 1. The number of hydrogen-bond acceptors (Lipinski definition) is 5. The Hall–Kier alpha value is -2.21. The van der Waals surface area contributed by atoms with Crippen LogP contribution < -0.4 is 10.5 Å². The Morgan fingerprint density at radius 2 is 1.58 bits per heavy atom. The molecule has 3 N–H and O–H groups in total. The van der Waals surface area contributed by atoms with Gasteiger partial charge in [0.2, 0.25) is 0 Å². The van der Waals surface area contributed by atoms with Crippen LogP contribution in [0.2, 0.25) is 5.02 Å². The van der Waals surface area contributed by atoms with E-state index in [4.69, 9.17) is 27.2 Å². The van der Waals surface area contributed by atoms with Gasteiger partial charge in [0.1, 0.15) is 5.75 Å². The number of aliphatic hydroxyl groups is 1. The van der Waals surface area contributed by atoms with Gasteiger partial charge < -0.3 is 15.6 Å². The van der Waals surface area contributed by atoms with Gasteiger partial charge in [-0.05, 0) is 68.8 Å². The molecule has 0 amide bonds. The third kappa shape index (κ3) is 4.91. The van der Waals surface area contributed by atoms with Gasteiger partial charge in [0.05, 0.1) is 6.04 Å². The zero-order valence-electron chi connectivity index (χ0n) is 14.7. The van der Waals surface area contributed by atoms with Gasteiger partial charge in [0, 0.05) is 22.8 Å². The molecule has 0 heterocycles. The number of aliphatic hydroxyl groups excluding tert-OH is 1. The first-order valence-electron chi connectivity index (χ1n) is 8.24. The van der Waals surface area contributed by atoms with E-state index in [1.807, 2.05) is 0 Å². The van der Waals surface area contributed by atoms with Gasteiger partial charge in [-0.25, -0.2) is 0 Å². The van der Waals surface area contributed by atoms with E-state index in [1.165, 1.54) is 0 Å². The molecule has 0 aliphatic rings. The highest BCUT2D eigenvalue weighted by atomic mass is 35.5. The summed E-state index contributed by atoms with van der Waals surface area (Å²) in [6.07, 6.45) is 0.181. The average molecular weight is 376 g/mol. The minimum atomic E-state index is -1.14. The van der Waals surface area contributed by atoms with Gasteiger partial charge in [0.25, 0.3) is 0 Å². The number of ketones is 2. The molecule has 0 aromatic heterocycles. The van der Waals surface area contributed by atoms with E-state index < -0.39 is 11.6 Å². The lowest BCUT2D eigenvalue weighted by molar-refractivity contribution is -0.133. The van der Waals surface area contributed by atoms with E-state index in [9.17, 15) is 9.59 Å². The number of hydrogen-bond donors (Lipinski definition) is 2. The van der Waals surface area contributed by atoms with Crippen molar-refractivity contribution in [1.29, 1.82) is 0 Å². The fraction of sp³-hybridized carbons (Fsp3) is 0.300. The fourth-order valence-electron chi connectivity index (χ4n) is 2.50. The van der Waals surface area contributed by atoms with Crippen molar-refractivity contribution in [2.45, 2.75) is 31.9 Å². The molecule has 2 aromatic rings. The Bertz CT molecular complexity index is 769. The Balaban J connectivity index is 2.10. The van der Waals surface area contributed by atoms with Crippen LogP contribution in [0, 0.1) is 0 Å². The van der Waals surface area contributed by atoms with Crippen molar-refractivity contribution in [2.75, 3.05) is 6.61 Å². The molecule has 0 spiro atoms. The van der Waals surface area contributed by atoms with Crippen molar-refractivity contribution < 1.29 is 19.4 Å². The molecule has 0 fully saturated rings. The fourth-order valence-corrected chi connectivity index (χ4v) is 2.63. The monoisotopic (exact) mass is 375 g/mol. The van der Waals surface area contributed by atoms with Crippen molar-refractivity contribution in [3.63, 3.8) is 0 Å². The van der Waals surface area contributed by atoms with Crippen molar-refractivity contribution in [3.05, 3.63) is 64.7 Å². The molecular weight excluding hydrogens is 354 g/mol. The van der Waals surface area contributed by atoms with Crippen molar-refractivity contribution in [2.24, 2.45) is 5.73 Å². The van der Waals surface area contributed by atoms with E-state index >= 15 is 0 Å². The molecule has 0 saturated carbocycles. The summed E-state index contributed by atoms with van der Waals surface area (Å²) in [5, 5.41) is 9.49. The number of benzene rings is 2. The molecule has 0 aliphatic heterocycles. The maximum Gasteiger partial charge on any atom is 0.193 e.